The Bertz CT molecular complexity index is 282. The fraction of sp³-hybridized carbons (Fsp3) is 0.857. The highest BCUT2D eigenvalue weighted by Gasteiger charge is 2.34. The van der Waals surface area contributed by atoms with E-state index in [1.807, 2.05) is 34.6 Å². The second-order valence-corrected chi connectivity index (χ2v) is 6.44. The second-order valence-electron chi connectivity index (χ2n) is 6.44. The minimum absolute atomic E-state index is 0.325. The molecule has 2 nitrogen and oxygen atoms in total. The zero-order valence-corrected chi connectivity index (χ0v) is 11.7. The van der Waals surface area contributed by atoms with Crippen LogP contribution in [-0.2, 0) is 0 Å². The molecule has 16 heavy (non-hydrogen) atoms. The maximum atomic E-state index is 10.2. The normalized spacial score (nSPS) is 19.6. The lowest BCUT2D eigenvalue weighted by molar-refractivity contribution is 0.0115. The lowest BCUT2D eigenvalue weighted by Gasteiger charge is -2.32. The monoisotopic (exact) mass is 226 g/mol. The first kappa shape index (κ1) is 15.5. The van der Waals surface area contributed by atoms with Gasteiger partial charge in [-0.15, -0.1) is 0 Å². The molecule has 0 aliphatic carbocycles. The molecule has 94 valence electrons. The molecule has 0 aromatic carbocycles. The van der Waals surface area contributed by atoms with Crippen molar-refractivity contribution in [1.29, 1.82) is 0 Å². The minimum atomic E-state index is -1.09. The van der Waals surface area contributed by atoms with E-state index in [-0.39, 0.29) is 5.41 Å². The van der Waals surface area contributed by atoms with E-state index < -0.39 is 11.2 Å². The van der Waals surface area contributed by atoms with Crippen molar-refractivity contribution in [3.8, 4) is 11.8 Å². The van der Waals surface area contributed by atoms with Crippen molar-refractivity contribution in [2.24, 2.45) is 11.3 Å². The van der Waals surface area contributed by atoms with Crippen molar-refractivity contribution < 1.29 is 10.2 Å². The Morgan fingerprint density at radius 3 is 1.69 bits per heavy atom. The summed E-state index contributed by atoms with van der Waals surface area (Å²) in [6.07, 6.45) is 0.611. The fourth-order valence-corrected chi connectivity index (χ4v) is 1.29. The third-order valence-electron chi connectivity index (χ3n) is 2.84. The standard InChI is InChI=1S/C14H26O2/c1-11(2)10-13(6,15)8-9-14(7,16)12(3,4)5/h11,15-16H,10H2,1-7H3. The SMILES string of the molecule is CC(C)CC(C)(O)C#CC(C)(O)C(C)(C)C. The van der Waals surface area contributed by atoms with Crippen molar-refractivity contribution in [2.45, 2.75) is 66.1 Å². The first-order valence-electron chi connectivity index (χ1n) is 5.86. The van der Waals surface area contributed by atoms with Gasteiger partial charge in [0.05, 0.1) is 0 Å². The van der Waals surface area contributed by atoms with E-state index in [2.05, 4.69) is 11.8 Å². The highest BCUT2D eigenvalue weighted by atomic mass is 16.3. The Labute approximate surface area is 100 Å². The van der Waals surface area contributed by atoms with Crippen LogP contribution >= 0.6 is 0 Å². The molecule has 0 aromatic rings. The summed E-state index contributed by atoms with van der Waals surface area (Å²) >= 11 is 0. The van der Waals surface area contributed by atoms with Gasteiger partial charge in [0.2, 0.25) is 0 Å². The third-order valence-corrected chi connectivity index (χ3v) is 2.84. The summed E-state index contributed by atoms with van der Waals surface area (Å²) in [6, 6.07) is 0. The summed E-state index contributed by atoms with van der Waals surface area (Å²) in [4.78, 5) is 0. The van der Waals surface area contributed by atoms with Crippen LogP contribution in [0.25, 0.3) is 0 Å². The van der Waals surface area contributed by atoms with Crippen molar-refractivity contribution in [3.63, 3.8) is 0 Å². The van der Waals surface area contributed by atoms with E-state index in [0.717, 1.165) is 0 Å². The number of hydrogen-bond donors (Lipinski definition) is 2. The van der Waals surface area contributed by atoms with Gasteiger partial charge < -0.3 is 10.2 Å². The van der Waals surface area contributed by atoms with Gasteiger partial charge >= 0.3 is 0 Å². The van der Waals surface area contributed by atoms with Crippen LogP contribution in [0.3, 0.4) is 0 Å². The van der Waals surface area contributed by atoms with E-state index in [4.69, 9.17) is 0 Å². The second kappa shape index (κ2) is 4.77. The quantitative estimate of drug-likeness (QED) is 0.711. The predicted octanol–water partition coefficient (Wildman–Crippen LogP) is 2.58. The van der Waals surface area contributed by atoms with E-state index >= 15 is 0 Å². The van der Waals surface area contributed by atoms with Crippen LogP contribution in [0.2, 0.25) is 0 Å². The lowest BCUT2D eigenvalue weighted by Crippen LogP contribution is -2.39. The summed E-state index contributed by atoms with van der Waals surface area (Å²) in [5.74, 6) is 5.97. The highest BCUT2D eigenvalue weighted by molar-refractivity contribution is 5.21. The minimum Gasteiger partial charge on any atom is -0.378 e. The van der Waals surface area contributed by atoms with Gasteiger partial charge in [-0.05, 0) is 26.2 Å². The van der Waals surface area contributed by atoms with Crippen LogP contribution in [0.15, 0.2) is 0 Å². The molecule has 0 saturated heterocycles. The summed E-state index contributed by atoms with van der Waals surface area (Å²) in [5, 5.41) is 20.2. The molecule has 0 radical (unpaired) electrons. The average Bonchev–Trinajstić information content (AvgIpc) is 1.96. The maximum Gasteiger partial charge on any atom is 0.127 e. The zero-order chi connectivity index (χ0) is 13.2. The van der Waals surface area contributed by atoms with Crippen molar-refractivity contribution in [1.82, 2.24) is 0 Å². The Hall–Kier alpha value is -0.520. The summed E-state index contributed by atoms with van der Waals surface area (Å²) in [7, 11) is 0. The van der Waals surface area contributed by atoms with Crippen molar-refractivity contribution in [3.05, 3.63) is 0 Å². The molecular weight excluding hydrogens is 200 g/mol. The van der Waals surface area contributed by atoms with Crippen molar-refractivity contribution in [2.75, 3.05) is 0 Å². The van der Waals surface area contributed by atoms with Crippen LogP contribution in [0.4, 0.5) is 0 Å². The van der Waals surface area contributed by atoms with Crippen LogP contribution in [-0.4, -0.2) is 21.4 Å². The number of aliphatic hydroxyl groups is 2. The molecule has 0 aliphatic rings. The number of hydrogen-bond acceptors (Lipinski definition) is 2. The fourth-order valence-electron chi connectivity index (χ4n) is 1.29. The van der Waals surface area contributed by atoms with Gasteiger partial charge in [0, 0.05) is 5.41 Å². The van der Waals surface area contributed by atoms with Crippen LogP contribution in [0.5, 0.6) is 0 Å². The van der Waals surface area contributed by atoms with E-state index in [9.17, 15) is 10.2 Å². The Morgan fingerprint density at radius 1 is 0.938 bits per heavy atom. The molecule has 0 rings (SSSR count). The molecule has 2 atom stereocenters. The molecule has 2 heteroatoms. The third kappa shape index (κ3) is 5.01. The Kier molecular flexibility index (Phi) is 4.62. The van der Waals surface area contributed by atoms with E-state index in [1.54, 1.807) is 13.8 Å². The van der Waals surface area contributed by atoms with Gasteiger partial charge in [0.1, 0.15) is 11.2 Å². The molecule has 0 aliphatic heterocycles. The smallest absolute Gasteiger partial charge is 0.127 e. The molecule has 0 heterocycles. The van der Waals surface area contributed by atoms with Gasteiger partial charge in [-0.1, -0.05) is 46.5 Å². The van der Waals surface area contributed by atoms with Crippen LogP contribution in [0.1, 0.15) is 54.9 Å². The van der Waals surface area contributed by atoms with E-state index in [0.29, 0.717) is 12.3 Å². The summed E-state index contributed by atoms with van der Waals surface area (Å²) < 4.78 is 0. The average molecular weight is 226 g/mol. The lowest BCUT2D eigenvalue weighted by atomic mass is 9.78. The topological polar surface area (TPSA) is 40.5 Å². The van der Waals surface area contributed by atoms with E-state index in [1.165, 1.54) is 0 Å². The summed E-state index contributed by atoms with van der Waals surface area (Å²) in [6.45, 7) is 13.2. The Balaban J connectivity index is 4.85. The first-order chi connectivity index (χ1) is 6.87. The van der Waals surface area contributed by atoms with Crippen molar-refractivity contribution >= 4 is 0 Å². The molecule has 2 N–H and O–H groups in total. The largest absolute Gasteiger partial charge is 0.378 e. The summed E-state index contributed by atoms with van der Waals surface area (Å²) in [5.41, 5.74) is -2.44. The molecule has 0 bridgehead atoms. The molecule has 0 aromatic heterocycles. The van der Waals surface area contributed by atoms with Gasteiger partial charge in [0.25, 0.3) is 0 Å². The zero-order valence-electron chi connectivity index (χ0n) is 11.7. The first-order valence-corrected chi connectivity index (χ1v) is 5.86. The molecular formula is C14H26O2. The van der Waals surface area contributed by atoms with Gasteiger partial charge in [-0.2, -0.15) is 0 Å². The van der Waals surface area contributed by atoms with Gasteiger partial charge in [-0.25, -0.2) is 0 Å². The molecule has 2 unspecified atom stereocenters. The highest BCUT2D eigenvalue weighted by Crippen LogP contribution is 2.29. The van der Waals surface area contributed by atoms with Crippen LogP contribution < -0.4 is 0 Å². The Morgan fingerprint density at radius 2 is 1.38 bits per heavy atom. The molecule has 0 saturated carbocycles. The predicted molar refractivity (Wildman–Crippen MR) is 67.9 cm³/mol. The van der Waals surface area contributed by atoms with Crippen LogP contribution in [0, 0.1) is 23.2 Å². The molecule has 0 amide bonds. The van der Waals surface area contributed by atoms with Gasteiger partial charge in [0.15, 0.2) is 0 Å². The maximum absolute atomic E-state index is 10.2. The molecule has 0 spiro atoms. The number of rotatable bonds is 2. The van der Waals surface area contributed by atoms with Gasteiger partial charge in [-0.3, -0.25) is 0 Å². The molecule has 0 fully saturated rings.